The summed E-state index contributed by atoms with van der Waals surface area (Å²) in [5.41, 5.74) is 0.131. The summed E-state index contributed by atoms with van der Waals surface area (Å²) in [5, 5.41) is 36.7. The molecule has 1 aromatic heterocycles. The predicted octanol–water partition coefficient (Wildman–Crippen LogP) is 6.69. The highest BCUT2D eigenvalue weighted by Crippen LogP contribution is 2.28. The molecular formula is C41H63N5O10. The van der Waals surface area contributed by atoms with Gasteiger partial charge >= 0.3 is 5.97 Å². The lowest BCUT2D eigenvalue weighted by Gasteiger charge is -2.28. The number of aromatic hydroxyl groups is 1. The number of oxazole rings is 1. The number of nitrogens with one attached hydrogen (secondary N) is 2. The number of phenols is 1. The molecule has 15 heteroatoms. The number of carbonyl (C=O) groups is 5. The number of hydrogen-bond donors (Lipinski definition) is 5. The second-order valence-corrected chi connectivity index (χ2v) is 14.8. The molecule has 1 aliphatic heterocycles. The van der Waals surface area contributed by atoms with Gasteiger partial charge in [0, 0.05) is 20.0 Å². The van der Waals surface area contributed by atoms with Gasteiger partial charge in [-0.2, -0.15) is 0 Å². The third kappa shape index (κ3) is 15.6. The van der Waals surface area contributed by atoms with E-state index in [1.165, 1.54) is 51.5 Å². The molecule has 5 N–H and O–H groups in total. The zero-order valence-electron chi connectivity index (χ0n) is 33.4. The molecule has 2 heterocycles. The zero-order chi connectivity index (χ0) is 40.9. The first-order valence-electron chi connectivity index (χ1n) is 20.5. The highest BCUT2D eigenvalue weighted by atomic mass is 16.5. The summed E-state index contributed by atoms with van der Waals surface area (Å²) in [7, 11) is 0. The second-order valence-electron chi connectivity index (χ2n) is 14.8. The van der Waals surface area contributed by atoms with Gasteiger partial charge in [-0.1, -0.05) is 90.2 Å². The highest BCUT2D eigenvalue weighted by molar-refractivity contribution is 5.95. The fourth-order valence-corrected chi connectivity index (χ4v) is 6.69. The largest absolute Gasteiger partial charge is 0.507 e. The summed E-state index contributed by atoms with van der Waals surface area (Å²) in [5.74, 6) is -4.09. The van der Waals surface area contributed by atoms with Crippen LogP contribution in [0.2, 0.25) is 0 Å². The van der Waals surface area contributed by atoms with Crippen molar-refractivity contribution in [3.8, 4) is 17.2 Å². The van der Waals surface area contributed by atoms with E-state index in [4.69, 9.17) is 9.15 Å². The van der Waals surface area contributed by atoms with Gasteiger partial charge in [-0.15, -0.1) is 0 Å². The lowest BCUT2D eigenvalue weighted by Crippen LogP contribution is -2.50. The molecule has 56 heavy (non-hydrogen) atoms. The fraction of sp³-hybridized carbons (Fsp3) is 0.659. The Morgan fingerprint density at radius 3 is 2.27 bits per heavy atom. The second kappa shape index (κ2) is 24.9. The molecule has 15 nitrogen and oxygen atoms in total. The maximum absolute atomic E-state index is 13.9. The molecule has 4 unspecified atom stereocenters. The van der Waals surface area contributed by atoms with Crippen LogP contribution in [0.3, 0.4) is 0 Å². The maximum Gasteiger partial charge on any atom is 0.328 e. The van der Waals surface area contributed by atoms with Gasteiger partial charge in [0.15, 0.2) is 5.69 Å². The lowest BCUT2D eigenvalue weighted by atomic mass is 9.96. The van der Waals surface area contributed by atoms with E-state index in [2.05, 4.69) is 22.5 Å². The molecule has 0 radical (unpaired) electrons. The summed E-state index contributed by atoms with van der Waals surface area (Å²) >= 11 is 0. The third-order valence-corrected chi connectivity index (χ3v) is 10.2. The summed E-state index contributed by atoms with van der Waals surface area (Å²) in [6, 6.07) is 4.23. The van der Waals surface area contributed by atoms with E-state index in [0.717, 1.165) is 31.9 Å². The lowest BCUT2D eigenvalue weighted by molar-refractivity contribution is -0.167. The van der Waals surface area contributed by atoms with E-state index in [9.17, 15) is 39.5 Å². The number of aromatic nitrogens is 1. The van der Waals surface area contributed by atoms with Gasteiger partial charge in [0.1, 0.15) is 30.2 Å². The number of nitrogens with zero attached hydrogens (tertiary/aromatic N) is 3. The van der Waals surface area contributed by atoms with Gasteiger partial charge < -0.3 is 24.9 Å². The van der Waals surface area contributed by atoms with Crippen LogP contribution >= 0.6 is 0 Å². The third-order valence-electron chi connectivity index (χ3n) is 10.2. The van der Waals surface area contributed by atoms with Crippen molar-refractivity contribution in [2.45, 2.75) is 155 Å². The van der Waals surface area contributed by atoms with Crippen LogP contribution < -0.4 is 10.6 Å². The molecule has 1 aliphatic rings. The van der Waals surface area contributed by atoms with E-state index in [0.29, 0.717) is 55.1 Å². The van der Waals surface area contributed by atoms with Crippen LogP contribution in [-0.2, 0) is 23.9 Å². The minimum Gasteiger partial charge on any atom is -0.507 e. The number of ether oxygens (including phenoxy) is 1. The van der Waals surface area contributed by atoms with Crippen molar-refractivity contribution in [1.82, 2.24) is 25.7 Å². The van der Waals surface area contributed by atoms with Gasteiger partial charge in [-0.3, -0.25) is 29.6 Å². The van der Waals surface area contributed by atoms with Crippen molar-refractivity contribution in [1.29, 1.82) is 0 Å². The number of carbonyl (C=O) groups excluding carboxylic acids is 5. The number of phenolic OH excluding ortho intramolecular Hbond substituents is 1. The van der Waals surface area contributed by atoms with E-state index in [1.54, 1.807) is 25.1 Å². The number of para-hydroxylation sites is 1. The van der Waals surface area contributed by atoms with Gasteiger partial charge in [0.25, 0.3) is 11.8 Å². The normalized spacial score (nSPS) is 16.1. The summed E-state index contributed by atoms with van der Waals surface area (Å²) in [6.45, 7) is 5.26. The Morgan fingerprint density at radius 2 is 1.61 bits per heavy atom. The molecule has 0 bridgehead atoms. The fourth-order valence-electron chi connectivity index (χ4n) is 6.69. The molecule has 1 fully saturated rings. The molecule has 2 aromatic rings. The molecule has 0 saturated carbocycles. The Hall–Kier alpha value is -4.50. The Labute approximate surface area is 330 Å². The molecule has 4 amide bonds. The summed E-state index contributed by atoms with van der Waals surface area (Å²) in [6.07, 6.45) is 15.2. The Bertz CT molecular complexity index is 1530. The molecule has 3 rings (SSSR count). The number of esters is 1. The molecule has 0 spiro atoms. The highest BCUT2D eigenvalue weighted by Gasteiger charge is 2.34. The van der Waals surface area contributed by atoms with E-state index in [-0.39, 0.29) is 42.4 Å². The number of benzene rings is 1. The van der Waals surface area contributed by atoms with Gasteiger partial charge in [-0.05, 0) is 63.5 Å². The number of rotatable bonds is 25. The Morgan fingerprint density at radius 1 is 0.964 bits per heavy atom. The topological polar surface area (TPSA) is 212 Å². The molecule has 4 atom stereocenters. The van der Waals surface area contributed by atoms with Crippen LogP contribution in [0.5, 0.6) is 5.75 Å². The molecular weight excluding hydrogens is 722 g/mol. The molecule has 0 aliphatic carbocycles. The minimum absolute atomic E-state index is 0.00277. The minimum atomic E-state index is -1.20. The van der Waals surface area contributed by atoms with E-state index >= 15 is 0 Å². The smallest absolute Gasteiger partial charge is 0.328 e. The van der Waals surface area contributed by atoms with Crippen molar-refractivity contribution in [2.75, 3.05) is 13.1 Å². The van der Waals surface area contributed by atoms with Crippen molar-refractivity contribution in [3.63, 3.8) is 0 Å². The predicted molar refractivity (Wildman–Crippen MR) is 207 cm³/mol. The molecule has 1 saturated heterocycles. The first-order chi connectivity index (χ1) is 26.9. The number of amides is 4. The van der Waals surface area contributed by atoms with Crippen molar-refractivity contribution in [3.05, 3.63) is 36.2 Å². The number of hydroxylamine groups is 4. The zero-order valence-corrected chi connectivity index (χ0v) is 33.4. The summed E-state index contributed by atoms with van der Waals surface area (Å²) in [4.78, 5) is 69.4. The SMILES string of the molecule is CCCCCCCCCCCCCC(OC(=O)C(CCCCN(O)C(C)=O)NC(=O)c1coc(-c2ccccc2O)n1)C(C)C(=O)NC1CCCCN(O)C1=O. The van der Waals surface area contributed by atoms with Crippen molar-refractivity contribution in [2.24, 2.45) is 5.92 Å². The first kappa shape index (κ1) is 45.9. The van der Waals surface area contributed by atoms with Crippen molar-refractivity contribution >= 4 is 29.6 Å². The van der Waals surface area contributed by atoms with Gasteiger partial charge in [0.2, 0.25) is 17.7 Å². The van der Waals surface area contributed by atoms with Crippen LogP contribution in [-0.4, -0.2) is 91.5 Å². The van der Waals surface area contributed by atoms with Crippen LogP contribution in [0.1, 0.15) is 147 Å². The van der Waals surface area contributed by atoms with Crippen LogP contribution in [0.25, 0.3) is 11.5 Å². The number of unbranched alkanes of at least 4 members (excludes halogenated alkanes) is 11. The standard InChI is InChI=1S/C41H63N5O10/c1-4-5-6-7-8-9-10-11-12-13-14-25-36(29(2)37(49)42-32-22-17-20-27-46(54)40(32)51)56-41(52)33(23-18-19-26-45(53)30(3)47)43-38(50)34-28-55-39(44-34)31-21-15-16-24-35(31)48/h15-16,21,24,28-29,32-33,36,48,53-54H,4-14,17-20,22-23,25-27H2,1-3H3,(H,42,49)(H,43,50). The van der Waals surface area contributed by atoms with Gasteiger partial charge in [-0.25, -0.2) is 19.9 Å². The van der Waals surface area contributed by atoms with Crippen molar-refractivity contribution < 1.29 is 48.6 Å². The van der Waals surface area contributed by atoms with Crippen LogP contribution in [0, 0.1) is 5.92 Å². The maximum atomic E-state index is 13.9. The first-order valence-corrected chi connectivity index (χ1v) is 20.5. The van der Waals surface area contributed by atoms with Gasteiger partial charge in [0.05, 0.1) is 11.5 Å². The molecule has 312 valence electrons. The monoisotopic (exact) mass is 785 g/mol. The summed E-state index contributed by atoms with van der Waals surface area (Å²) < 4.78 is 11.5. The van der Waals surface area contributed by atoms with Crippen LogP contribution in [0.15, 0.2) is 34.9 Å². The number of hydrogen-bond acceptors (Lipinski definition) is 11. The van der Waals surface area contributed by atoms with Crippen LogP contribution in [0.4, 0.5) is 0 Å². The quantitative estimate of drug-likeness (QED) is 0.0310. The Balaban J connectivity index is 1.72. The van der Waals surface area contributed by atoms with E-state index < -0.39 is 53.7 Å². The van der Waals surface area contributed by atoms with E-state index in [1.807, 2.05) is 0 Å². The average molecular weight is 786 g/mol. The Kier molecular flexibility index (Phi) is 20.4. The molecule has 1 aromatic carbocycles. The average Bonchev–Trinajstić information content (AvgIpc) is 3.62.